The quantitative estimate of drug-likeness (QED) is 0.661. The van der Waals surface area contributed by atoms with Crippen molar-refractivity contribution in [3.05, 3.63) is 32.8 Å². The van der Waals surface area contributed by atoms with Gasteiger partial charge < -0.3 is 10.5 Å². The van der Waals surface area contributed by atoms with Crippen LogP contribution in [0.3, 0.4) is 0 Å². The molecule has 100 valence electrons. The van der Waals surface area contributed by atoms with Gasteiger partial charge in [0.05, 0.1) is 15.5 Å². The molecule has 2 rings (SSSR count). The molecule has 1 aromatic carbocycles. The van der Waals surface area contributed by atoms with Crippen LogP contribution < -0.4 is 10.5 Å². The van der Waals surface area contributed by atoms with Gasteiger partial charge in [-0.25, -0.2) is 0 Å². The van der Waals surface area contributed by atoms with Gasteiger partial charge in [-0.05, 0) is 40.8 Å². The van der Waals surface area contributed by atoms with Gasteiger partial charge in [-0.15, -0.1) is 0 Å². The third-order valence-electron chi connectivity index (χ3n) is 3.11. The third-order valence-corrected chi connectivity index (χ3v) is 3.74. The van der Waals surface area contributed by atoms with Crippen LogP contribution in [0.2, 0.25) is 0 Å². The van der Waals surface area contributed by atoms with E-state index in [1.165, 1.54) is 6.07 Å². The van der Waals surface area contributed by atoms with Gasteiger partial charge in [-0.1, -0.05) is 6.07 Å². The van der Waals surface area contributed by atoms with E-state index in [1.54, 1.807) is 12.1 Å². The summed E-state index contributed by atoms with van der Waals surface area (Å²) in [5, 5.41) is 20.0. The van der Waals surface area contributed by atoms with E-state index in [0.717, 1.165) is 12.8 Å². The van der Waals surface area contributed by atoms with E-state index in [0.29, 0.717) is 4.47 Å². The minimum Gasteiger partial charge on any atom is -0.483 e. The summed E-state index contributed by atoms with van der Waals surface area (Å²) < 4.78 is 5.92. The van der Waals surface area contributed by atoms with Crippen LogP contribution in [0.1, 0.15) is 12.8 Å². The molecule has 1 fully saturated rings. The van der Waals surface area contributed by atoms with Crippen LogP contribution in [0.15, 0.2) is 22.7 Å². The number of nitrogens with two attached hydrogens (primary N) is 1. The molecule has 19 heavy (non-hydrogen) atoms. The molecule has 0 radical (unpaired) electrons. The van der Waals surface area contributed by atoms with Crippen molar-refractivity contribution in [1.29, 1.82) is 5.26 Å². The normalized spacial score (nSPS) is 17.3. The highest BCUT2D eigenvalue weighted by Crippen LogP contribution is 2.40. The number of benzene rings is 1. The molecular weight excluding hydrogens is 314 g/mol. The SMILES string of the molecule is N#CC(N)(COc1c(Br)cccc1[N+](=O)[O-])C1CC1. The molecule has 1 aliphatic carbocycles. The molecule has 1 saturated carbocycles. The molecule has 0 bridgehead atoms. The van der Waals surface area contributed by atoms with Gasteiger partial charge in [-0.2, -0.15) is 5.26 Å². The van der Waals surface area contributed by atoms with Crippen molar-refractivity contribution in [3.8, 4) is 11.8 Å². The fourth-order valence-electron chi connectivity index (χ4n) is 1.82. The fourth-order valence-corrected chi connectivity index (χ4v) is 2.29. The maximum Gasteiger partial charge on any atom is 0.312 e. The number of nitro benzene ring substituents is 1. The highest BCUT2D eigenvalue weighted by Gasteiger charge is 2.43. The zero-order valence-corrected chi connectivity index (χ0v) is 11.6. The van der Waals surface area contributed by atoms with Crippen molar-refractivity contribution >= 4 is 21.6 Å². The second kappa shape index (κ2) is 5.15. The van der Waals surface area contributed by atoms with Gasteiger partial charge in [0.2, 0.25) is 5.75 Å². The van der Waals surface area contributed by atoms with Gasteiger partial charge in [0.25, 0.3) is 0 Å². The predicted molar refractivity (Wildman–Crippen MR) is 71.5 cm³/mol. The zero-order chi connectivity index (χ0) is 14.0. The van der Waals surface area contributed by atoms with E-state index in [9.17, 15) is 10.1 Å². The molecule has 0 aromatic heterocycles. The van der Waals surface area contributed by atoms with E-state index in [1.807, 2.05) is 6.07 Å². The molecular formula is C12H12BrN3O3. The van der Waals surface area contributed by atoms with E-state index in [-0.39, 0.29) is 24.0 Å². The maximum atomic E-state index is 10.9. The Labute approximate surface area is 118 Å². The molecule has 0 heterocycles. The summed E-state index contributed by atoms with van der Waals surface area (Å²) in [6.07, 6.45) is 1.79. The lowest BCUT2D eigenvalue weighted by molar-refractivity contribution is -0.386. The van der Waals surface area contributed by atoms with Gasteiger partial charge in [0.1, 0.15) is 12.1 Å². The van der Waals surface area contributed by atoms with Gasteiger partial charge in [-0.3, -0.25) is 10.1 Å². The second-order valence-corrected chi connectivity index (χ2v) is 5.41. The highest BCUT2D eigenvalue weighted by molar-refractivity contribution is 9.10. The minimum atomic E-state index is -1.08. The molecule has 2 N–H and O–H groups in total. The Balaban J connectivity index is 2.20. The average molecular weight is 326 g/mol. The first-order valence-electron chi connectivity index (χ1n) is 5.74. The largest absolute Gasteiger partial charge is 0.483 e. The van der Waals surface area contributed by atoms with Gasteiger partial charge in [0, 0.05) is 6.07 Å². The van der Waals surface area contributed by atoms with E-state index >= 15 is 0 Å². The number of nitriles is 1. The number of rotatable bonds is 5. The van der Waals surface area contributed by atoms with Crippen molar-refractivity contribution in [3.63, 3.8) is 0 Å². The molecule has 0 aliphatic heterocycles. The van der Waals surface area contributed by atoms with Crippen molar-refractivity contribution in [2.45, 2.75) is 18.4 Å². The number of para-hydroxylation sites is 1. The molecule has 1 unspecified atom stereocenters. The summed E-state index contributed by atoms with van der Waals surface area (Å²) in [5.41, 5.74) is 4.73. The van der Waals surface area contributed by atoms with Crippen LogP contribution >= 0.6 is 15.9 Å². The Bertz CT molecular complexity index is 554. The van der Waals surface area contributed by atoms with E-state index in [4.69, 9.17) is 15.7 Å². The minimum absolute atomic E-state index is 0.0579. The molecule has 0 saturated heterocycles. The second-order valence-electron chi connectivity index (χ2n) is 4.56. The fraction of sp³-hybridized carbons (Fsp3) is 0.417. The summed E-state index contributed by atoms with van der Waals surface area (Å²) in [4.78, 5) is 10.4. The summed E-state index contributed by atoms with van der Waals surface area (Å²) >= 11 is 3.20. The lowest BCUT2D eigenvalue weighted by atomic mass is 9.98. The first kappa shape index (κ1) is 13.8. The van der Waals surface area contributed by atoms with Crippen LogP contribution in [0.5, 0.6) is 5.75 Å². The maximum absolute atomic E-state index is 10.9. The third kappa shape index (κ3) is 2.85. The number of nitro groups is 1. The Morgan fingerprint density at radius 1 is 1.63 bits per heavy atom. The number of ether oxygens (including phenoxy) is 1. The van der Waals surface area contributed by atoms with Crippen LogP contribution in [-0.2, 0) is 0 Å². The predicted octanol–water partition coefficient (Wildman–Crippen LogP) is 2.37. The summed E-state index contributed by atoms with van der Waals surface area (Å²) in [7, 11) is 0. The first-order chi connectivity index (χ1) is 8.98. The summed E-state index contributed by atoms with van der Waals surface area (Å²) in [6, 6.07) is 6.59. The van der Waals surface area contributed by atoms with Gasteiger partial charge in [0.15, 0.2) is 0 Å². The van der Waals surface area contributed by atoms with Crippen molar-refractivity contribution in [2.75, 3.05) is 6.61 Å². The van der Waals surface area contributed by atoms with Crippen molar-refractivity contribution in [2.24, 2.45) is 11.7 Å². The molecule has 0 spiro atoms. The number of halogens is 1. The molecule has 6 nitrogen and oxygen atoms in total. The zero-order valence-electron chi connectivity index (χ0n) is 10.0. The van der Waals surface area contributed by atoms with Crippen LogP contribution in [0.4, 0.5) is 5.69 Å². The Kier molecular flexibility index (Phi) is 3.73. The lowest BCUT2D eigenvalue weighted by Crippen LogP contribution is -2.46. The van der Waals surface area contributed by atoms with Crippen LogP contribution in [-0.4, -0.2) is 17.1 Å². The first-order valence-corrected chi connectivity index (χ1v) is 6.53. The smallest absolute Gasteiger partial charge is 0.312 e. The lowest BCUT2D eigenvalue weighted by Gasteiger charge is -2.21. The number of hydrogen-bond donors (Lipinski definition) is 1. The topological polar surface area (TPSA) is 102 Å². The van der Waals surface area contributed by atoms with Crippen molar-refractivity contribution in [1.82, 2.24) is 0 Å². The van der Waals surface area contributed by atoms with Crippen LogP contribution in [0.25, 0.3) is 0 Å². The van der Waals surface area contributed by atoms with E-state index < -0.39 is 10.5 Å². The van der Waals surface area contributed by atoms with E-state index in [2.05, 4.69) is 15.9 Å². The highest BCUT2D eigenvalue weighted by atomic mass is 79.9. The molecule has 7 heteroatoms. The molecule has 0 amide bonds. The van der Waals surface area contributed by atoms with Gasteiger partial charge >= 0.3 is 5.69 Å². The Morgan fingerprint density at radius 3 is 2.84 bits per heavy atom. The van der Waals surface area contributed by atoms with Crippen molar-refractivity contribution < 1.29 is 9.66 Å². The summed E-state index contributed by atoms with van der Waals surface area (Å²) in [5.74, 6) is 0.220. The number of hydrogen-bond acceptors (Lipinski definition) is 5. The monoisotopic (exact) mass is 325 g/mol. The Morgan fingerprint density at radius 2 is 2.32 bits per heavy atom. The number of nitrogens with zero attached hydrogens (tertiary/aromatic N) is 2. The van der Waals surface area contributed by atoms with Crippen LogP contribution in [0, 0.1) is 27.4 Å². The standard InChI is InChI=1S/C12H12BrN3O3/c13-9-2-1-3-10(16(17)18)11(9)19-7-12(15,6-14)8-4-5-8/h1-3,8H,4-5,7,15H2. The Hall–Kier alpha value is -1.65. The molecule has 1 aliphatic rings. The summed E-state index contributed by atoms with van der Waals surface area (Å²) in [6.45, 7) is -0.0579. The average Bonchev–Trinajstić information content (AvgIpc) is 3.21. The molecule has 1 aromatic rings. The molecule has 1 atom stereocenters.